The zero-order valence-corrected chi connectivity index (χ0v) is 18.8. The number of nitrogens with zero attached hydrogens (tertiary/aromatic N) is 2. The lowest BCUT2D eigenvalue weighted by Crippen LogP contribution is -2.29. The molecule has 1 aromatic heterocycles. The second-order valence-corrected chi connectivity index (χ2v) is 8.09. The summed E-state index contributed by atoms with van der Waals surface area (Å²) in [6.07, 6.45) is 1.57. The number of ether oxygens (including phenoxy) is 1. The van der Waals surface area contributed by atoms with Crippen molar-refractivity contribution in [1.29, 1.82) is 0 Å². The highest BCUT2D eigenvalue weighted by atomic mass is 35.5. The maximum absolute atomic E-state index is 13.6. The number of Topliss-reactive ketones (excluding diaryl/α,β-unsaturated/α-hetero) is 1. The first-order valence-electron chi connectivity index (χ1n) is 9.79. The Bertz CT molecular complexity index is 1240. The molecule has 1 amide bonds. The van der Waals surface area contributed by atoms with Gasteiger partial charge in [-0.05, 0) is 42.0 Å². The van der Waals surface area contributed by atoms with Gasteiger partial charge in [-0.3, -0.25) is 14.6 Å². The zero-order valence-electron chi connectivity index (χ0n) is 17.3. The monoisotopic (exact) mass is 486 g/mol. The highest BCUT2D eigenvalue weighted by molar-refractivity contribution is 6.46. The number of carbonyl (C=O) groups excluding carboxylic acids is 2. The molecule has 1 fully saturated rings. The number of benzene rings is 2. The van der Waals surface area contributed by atoms with Crippen LogP contribution in [0.2, 0.25) is 10.0 Å². The lowest BCUT2D eigenvalue weighted by Gasteiger charge is -2.25. The molecule has 1 aliphatic rings. The van der Waals surface area contributed by atoms with Gasteiger partial charge in [-0.1, -0.05) is 41.4 Å². The molecular weight excluding hydrogens is 470 g/mol. The van der Waals surface area contributed by atoms with Crippen LogP contribution in [0.4, 0.5) is 4.39 Å². The van der Waals surface area contributed by atoms with Crippen molar-refractivity contribution in [1.82, 2.24) is 9.88 Å². The average molecular weight is 487 g/mol. The second kappa shape index (κ2) is 9.21. The van der Waals surface area contributed by atoms with Gasteiger partial charge in [0, 0.05) is 11.8 Å². The van der Waals surface area contributed by atoms with Crippen LogP contribution in [0.1, 0.15) is 22.9 Å². The molecule has 1 unspecified atom stereocenters. The molecule has 0 aliphatic carbocycles. The molecule has 0 saturated carbocycles. The molecule has 9 heteroatoms. The first kappa shape index (κ1) is 22.8. The summed E-state index contributed by atoms with van der Waals surface area (Å²) in [7, 11) is 1.39. The normalized spacial score (nSPS) is 17.5. The highest BCUT2D eigenvalue weighted by Crippen LogP contribution is 2.42. The van der Waals surface area contributed by atoms with Gasteiger partial charge in [0.2, 0.25) is 0 Å². The molecule has 0 bridgehead atoms. The van der Waals surface area contributed by atoms with Crippen LogP contribution in [0.15, 0.2) is 66.4 Å². The molecule has 168 valence electrons. The summed E-state index contributed by atoms with van der Waals surface area (Å²) >= 11 is 12.4. The number of amides is 1. The van der Waals surface area contributed by atoms with Crippen molar-refractivity contribution in [3.63, 3.8) is 0 Å². The minimum absolute atomic E-state index is 0.00829. The van der Waals surface area contributed by atoms with Gasteiger partial charge in [-0.2, -0.15) is 0 Å². The standard InChI is InChI=1S/C24H17Cl2FN2O4/c1-33-23-17(25)10-14(11-18(23)26)21(30)19-20(13-5-7-15(27)8-6-13)29(24(32)22(19)31)12-16-4-2-3-9-28-16/h2-11,20,30H,12H2,1H3/b21-19+. The molecule has 6 nitrogen and oxygen atoms in total. The quantitative estimate of drug-likeness (QED) is 0.306. The summed E-state index contributed by atoms with van der Waals surface area (Å²) in [5.41, 5.74) is 0.953. The van der Waals surface area contributed by atoms with Crippen molar-refractivity contribution >= 4 is 40.7 Å². The first-order valence-corrected chi connectivity index (χ1v) is 10.5. The number of hydrogen-bond donors (Lipinski definition) is 1. The van der Waals surface area contributed by atoms with E-state index in [4.69, 9.17) is 27.9 Å². The van der Waals surface area contributed by atoms with E-state index in [9.17, 15) is 19.1 Å². The summed E-state index contributed by atoms with van der Waals surface area (Å²) in [5, 5.41) is 11.4. The van der Waals surface area contributed by atoms with E-state index >= 15 is 0 Å². The van der Waals surface area contributed by atoms with Crippen LogP contribution >= 0.6 is 23.2 Å². The summed E-state index contributed by atoms with van der Waals surface area (Å²) in [4.78, 5) is 31.6. The van der Waals surface area contributed by atoms with Gasteiger partial charge < -0.3 is 14.7 Å². The third-order valence-electron chi connectivity index (χ3n) is 5.26. The Balaban J connectivity index is 1.88. The number of rotatable bonds is 5. The van der Waals surface area contributed by atoms with Gasteiger partial charge in [0.25, 0.3) is 11.7 Å². The van der Waals surface area contributed by atoms with E-state index in [-0.39, 0.29) is 33.5 Å². The van der Waals surface area contributed by atoms with Gasteiger partial charge in [-0.25, -0.2) is 4.39 Å². The molecule has 33 heavy (non-hydrogen) atoms. The predicted molar refractivity (Wildman–Crippen MR) is 121 cm³/mol. The Labute approximate surface area is 198 Å². The van der Waals surface area contributed by atoms with Crippen molar-refractivity contribution in [3.8, 4) is 5.75 Å². The van der Waals surface area contributed by atoms with Gasteiger partial charge in [0.05, 0.1) is 41.0 Å². The molecule has 0 radical (unpaired) electrons. The van der Waals surface area contributed by atoms with Crippen LogP contribution in [-0.2, 0) is 16.1 Å². The Hall–Kier alpha value is -3.42. The maximum Gasteiger partial charge on any atom is 0.296 e. The Morgan fingerprint density at radius 3 is 2.36 bits per heavy atom. The SMILES string of the molecule is COc1c(Cl)cc(/C(O)=C2\C(=O)C(=O)N(Cc3ccccn3)C2c2ccc(F)cc2)cc1Cl. The lowest BCUT2D eigenvalue weighted by atomic mass is 9.95. The van der Waals surface area contributed by atoms with Crippen molar-refractivity contribution in [2.75, 3.05) is 7.11 Å². The molecule has 1 aliphatic heterocycles. The number of ketones is 1. The summed E-state index contributed by atoms with van der Waals surface area (Å²) in [6.45, 7) is 0.00829. The smallest absolute Gasteiger partial charge is 0.296 e. The van der Waals surface area contributed by atoms with E-state index in [1.807, 2.05) is 0 Å². The number of aliphatic hydroxyl groups excluding tert-OH is 1. The minimum atomic E-state index is -0.979. The van der Waals surface area contributed by atoms with E-state index in [1.54, 1.807) is 24.4 Å². The number of methoxy groups -OCH3 is 1. The van der Waals surface area contributed by atoms with Gasteiger partial charge >= 0.3 is 0 Å². The number of aromatic nitrogens is 1. The van der Waals surface area contributed by atoms with E-state index in [0.717, 1.165) is 0 Å². The third-order valence-corrected chi connectivity index (χ3v) is 5.82. The number of pyridine rings is 1. The minimum Gasteiger partial charge on any atom is -0.507 e. The summed E-state index contributed by atoms with van der Waals surface area (Å²) < 4.78 is 18.7. The first-order chi connectivity index (χ1) is 15.8. The number of likely N-dealkylation sites (tertiary alicyclic amines) is 1. The van der Waals surface area contributed by atoms with E-state index in [2.05, 4.69) is 4.98 Å². The van der Waals surface area contributed by atoms with Crippen molar-refractivity contribution in [2.45, 2.75) is 12.6 Å². The molecular formula is C24H17Cl2FN2O4. The molecule has 2 heterocycles. The Morgan fingerprint density at radius 2 is 1.79 bits per heavy atom. The average Bonchev–Trinajstić information content (AvgIpc) is 3.04. The van der Waals surface area contributed by atoms with Crippen molar-refractivity contribution in [3.05, 3.63) is 99.1 Å². The van der Waals surface area contributed by atoms with Crippen LogP contribution in [0.5, 0.6) is 5.75 Å². The fourth-order valence-corrected chi connectivity index (χ4v) is 4.39. The Kier molecular flexibility index (Phi) is 6.35. The lowest BCUT2D eigenvalue weighted by molar-refractivity contribution is -0.140. The van der Waals surface area contributed by atoms with Crippen molar-refractivity contribution < 1.29 is 23.8 Å². The van der Waals surface area contributed by atoms with Crippen LogP contribution in [0.25, 0.3) is 5.76 Å². The molecule has 1 atom stereocenters. The molecule has 1 saturated heterocycles. The van der Waals surface area contributed by atoms with Crippen molar-refractivity contribution in [2.24, 2.45) is 0 Å². The van der Waals surface area contributed by atoms with E-state index in [0.29, 0.717) is 11.3 Å². The molecule has 1 N–H and O–H groups in total. The predicted octanol–water partition coefficient (Wildman–Crippen LogP) is 5.16. The van der Waals surface area contributed by atoms with Gasteiger partial charge in [0.15, 0.2) is 5.75 Å². The van der Waals surface area contributed by atoms with Crippen LogP contribution in [0.3, 0.4) is 0 Å². The fraction of sp³-hybridized carbons (Fsp3) is 0.125. The number of hydrogen-bond acceptors (Lipinski definition) is 5. The number of aliphatic hydroxyl groups is 1. The van der Waals surface area contributed by atoms with Gasteiger partial charge in [-0.15, -0.1) is 0 Å². The fourth-order valence-electron chi connectivity index (χ4n) is 3.75. The van der Waals surface area contributed by atoms with E-state index in [1.165, 1.54) is 48.4 Å². The van der Waals surface area contributed by atoms with Crippen LogP contribution < -0.4 is 4.74 Å². The summed E-state index contributed by atoms with van der Waals surface area (Å²) in [5.74, 6) is -2.43. The molecule has 3 aromatic rings. The van der Waals surface area contributed by atoms with Crippen LogP contribution in [0, 0.1) is 5.82 Å². The molecule has 4 rings (SSSR count). The maximum atomic E-state index is 13.6. The topological polar surface area (TPSA) is 79.7 Å². The Morgan fingerprint density at radius 1 is 1.12 bits per heavy atom. The molecule has 0 spiro atoms. The number of carbonyl (C=O) groups is 2. The van der Waals surface area contributed by atoms with Gasteiger partial charge in [0.1, 0.15) is 11.6 Å². The highest BCUT2D eigenvalue weighted by Gasteiger charge is 2.46. The largest absolute Gasteiger partial charge is 0.507 e. The second-order valence-electron chi connectivity index (χ2n) is 7.27. The zero-order chi connectivity index (χ0) is 23.7. The van der Waals surface area contributed by atoms with Crippen LogP contribution in [-0.4, -0.2) is 33.8 Å². The number of halogens is 3. The van der Waals surface area contributed by atoms with E-state index < -0.39 is 29.3 Å². The molecule has 2 aromatic carbocycles. The summed E-state index contributed by atoms with van der Waals surface area (Å²) in [6, 6.07) is 12.3. The third kappa shape index (κ3) is 4.29.